The van der Waals surface area contributed by atoms with Crippen LogP contribution in [0.4, 0.5) is 0 Å². The minimum absolute atomic E-state index is 0.0160. The molecule has 1 aliphatic rings. The third kappa shape index (κ3) is 2.86. The number of halogens is 1. The van der Waals surface area contributed by atoms with E-state index >= 15 is 0 Å². The summed E-state index contributed by atoms with van der Waals surface area (Å²) >= 11 is 6.56. The maximum atomic E-state index is 12.0. The molecule has 0 aliphatic carbocycles. The lowest BCUT2D eigenvalue weighted by Crippen LogP contribution is -2.24. The summed E-state index contributed by atoms with van der Waals surface area (Å²) < 4.78 is 5.54. The summed E-state index contributed by atoms with van der Waals surface area (Å²) in [5.74, 6) is 0.546. The van der Waals surface area contributed by atoms with E-state index in [4.69, 9.17) is 16.3 Å². The summed E-state index contributed by atoms with van der Waals surface area (Å²) in [5, 5.41) is 2.69. The highest BCUT2D eigenvalue weighted by Gasteiger charge is 2.28. The molecule has 1 N–H and O–H groups in total. The molecule has 0 spiro atoms. The van der Waals surface area contributed by atoms with Gasteiger partial charge in [-0.05, 0) is 29.5 Å². The second-order valence-corrected chi connectivity index (χ2v) is 6.00. The van der Waals surface area contributed by atoms with Crippen molar-refractivity contribution >= 4 is 17.5 Å². The number of amides is 1. The fourth-order valence-electron chi connectivity index (χ4n) is 2.06. The number of nitrogens with one attached hydrogen (secondary N) is 1. The summed E-state index contributed by atoms with van der Waals surface area (Å²) in [5.41, 5.74) is 1.53. The van der Waals surface area contributed by atoms with E-state index in [-0.39, 0.29) is 16.7 Å². The third-order valence-electron chi connectivity index (χ3n) is 3.78. The lowest BCUT2D eigenvalue weighted by atomic mass is 9.82. The molecule has 1 unspecified atom stereocenters. The molecule has 3 nitrogen and oxygen atoms in total. The zero-order chi connectivity index (χ0) is 14.0. The van der Waals surface area contributed by atoms with Crippen LogP contribution in [0.2, 0.25) is 0 Å². The number of benzene rings is 1. The van der Waals surface area contributed by atoms with Crippen LogP contribution in [0.5, 0.6) is 5.75 Å². The Morgan fingerprint density at radius 2 is 2.21 bits per heavy atom. The van der Waals surface area contributed by atoms with Crippen molar-refractivity contribution in [1.82, 2.24) is 5.32 Å². The Kier molecular flexibility index (Phi) is 4.04. The van der Waals surface area contributed by atoms with E-state index in [0.29, 0.717) is 24.5 Å². The molecule has 1 aromatic rings. The Labute approximate surface area is 119 Å². The predicted octanol–water partition coefficient (Wildman–Crippen LogP) is 3.52. The van der Waals surface area contributed by atoms with Gasteiger partial charge in [0, 0.05) is 0 Å². The van der Waals surface area contributed by atoms with Gasteiger partial charge >= 0.3 is 0 Å². The van der Waals surface area contributed by atoms with Gasteiger partial charge in [-0.15, -0.1) is 11.6 Å². The standard InChI is InChI=1S/C15H20ClNO2/c1-4-15(2,3)13(16)10-5-6-12-11(9-10)14(18)17-7-8-19-12/h5-6,9,13H,4,7-8H2,1-3H3,(H,17,18). The van der Waals surface area contributed by atoms with Gasteiger partial charge in [-0.2, -0.15) is 0 Å². The topological polar surface area (TPSA) is 38.3 Å². The zero-order valence-corrected chi connectivity index (χ0v) is 12.4. The Morgan fingerprint density at radius 1 is 1.47 bits per heavy atom. The van der Waals surface area contributed by atoms with Gasteiger partial charge in [-0.3, -0.25) is 4.79 Å². The van der Waals surface area contributed by atoms with Crippen molar-refractivity contribution < 1.29 is 9.53 Å². The van der Waals surface area contributed by atoms with Gasteiger partial charge in [-0.1, -0.05) is 26.8 Å². The molecule has 0 radical (unpaired) electrons. The normalized spacial score (nSPS) is 16.9. The number of ether oxygens (including phenoxy) is 1. The Hall–Kier alpha value is -1.22. The van der Waals surface area contributed by atoms with Gasteiger partial charge in [0.15, 0.2) is 0 Å². The zero-order valence-electron chi connectivity index (χ0n) is 11.6. The van der Waals surface area contributed by atoms with Crippen LogP contribution in [-0.4, -0.2) is 19.1 Å². The van der Waals surface area contributed by atoms with Crippen molar-refractivity contribution in [3.05, 3.63) is 29.3 Å². The van der Waals surface area contributed by atoms with E-state index in [9.17, 15) is 4.79 Å². The van der Waals surface area contributed by atoms with Crippen LogP contribution in [0.1, 0.15) is 48.5 Å². The van der Waals surface area contributed by atoms with Crippen LogP contribution in [0.15, 0.2) is 18.2 Å². The lowest BCUT2D eigenvalue weighted by Gasteiger charge is -2.29. The fourth-order valence-corrected chi connectivity index (χ4v) is 2.35. The van der Waals surface area contributed by atoms with Crippen LogP contribution >= 0.6 is 11.6 Å². The van der Waals surface area contributed by atoms with E-state index < -0.39 is 0 Å². The van der Waals surface area contributed by atoms with E-state index in [2.05, 4.69) is 26.1 Å². The number of alkyl halides is 1. The van der Waals surface area contributed by atoms with Crippen molar-refractivity contribution in [2.24, 2.45) is 5.41 Å². The van der Waals surface area contributed by atoms with Gasteiger partial charge in [0.05, 0.1) is 17.5 Å². The Morgan fingerprint density at radius 3 is 2.89 bits per heavy atom. The fraction of sp³-hybridized carbons (Fsp3) is 0.533. The number of hydrogen-bond donors (Lipinski definition) is 1. The van der Waals surface area contributed by atoms with Crippen LogP contribution in [0.25, 0.3) is 0 Å². The SMILES string of the molecule is CCC(C)(C)C(Cl)c1ccc2c(c1)C(=O)NCCO2. The van der Waals surface area contributed by atoms with Gasteiger partial charge in [0.25, 0.3) is 5.91 Å². The molecule has 104 valence electrons. The first-order chi connectivity index (χ1) is 8.95. The second kappa shape index (κ2) is 5.41. The molecule has 4 heteroatoms. The van der Waals surface area contributed by atoms with Crippen molar-refractivity contribution in [2.45, 2.75) is 32.6 Å². The summed E-state index contributed by atoms with van der Waals surface area (Å²) in [6.45, 7) is 7.42. The van der Waals surface area contributed by atoms with Gasteiger partial charge in [0.1, 0.15) is 12.4 Å². The molecule has 1 atom stereocenters. The minimum Gasteiger partial charge on any atom is -0.491 e. The molecule has 0 aromatic heterocycles. The molecule has 1 heterocycles. The average Bonchev–Trinajstić information content (AvgIpc) is 2.59. The molecule has 0 bridgehead atoms. The van der Waals surface area contributed by atoms with Crippen molar-refractivity contribution in [3.63, 3.8) is 0 Å². The third-order valence-corrected chi connectivity index (χ3v) is 4.63. The number of rotatable bonds is 3. The van der Waals surface area contributed by atoms with Gasteiger partial charge in [0.2, 0.25) is 0 Å². The smallest absolute Gasteiger partial charge is 0.255 e. The highest BCUT2D eigenvalue weighted by atomic mass is 35.5. The molecule has 0 saturated heterocycles. The van der Waals surface area contributed by atoms with Gasteiger partial charge in [-0.25, -0.2) is 0 Å². The molecule has 19 heavy (non-hydrogen) atoms. The van der Waals surface area contributed by atoms with Gasteiger partial charge < -0.3 is 10.1 Å². The summed E-state index contributed by atoms with van der Waals surface area (Å²) in [6, 6.07) is 5.65. The summed E-state index contributed by atoms with van der Waals surface area (Å²) in [4.78, 5) is 12.0. The number of fused-ring (bicyclic) bond motifs is 1. The van der Waals surface area contributed by atoms with E-state index in [1.54, 1.807) is 0 Å². The second-order valence-electron chi connectivity index (χ2n) is 5.56. The lowest BCUT2D eigenvalue weighted by molar-refractivity contribution is 0.0957. The first-order valence-electron chi connectivity index (χ1n) is 6.64. The van der Waals surface area contributed by atoms with Crippen LogP contribution < -0.4 is 10.1 Å². The molecule has 1 aromatic carbocycles. The van der Waals surface area contributed by atoms with Crippen molar-refractivity contribution in [3.8, 4) is 5.75 Å². The molecule has 2 rings (SSSR count). The maximum Gasteiger partial charge on any atom is 0.255 e. The van der Waals surface area contributed by atoms with E-state index in [1.165, 1.54) is 0 Å². The van der Waals surface area contributed by atoms with Crippen LogP contribution in [0, 0.1) is 5.41 Å². The summed E-state index contributed by atoms with van der Waals surface area (Å²) in [6.07, 6.45) is 0.973. The maximum absolute atomic E-state index is 12.0. The highest BCUT2D eigenvalue weighted by Crippen LogP contribution is 2.42. The molecular formula is C15H20ClNO2. The number of carbonyl (C=O) groups is 1. The first-order valence-corrected chi connectivity index (χ1v) is 7.08. The molecule has 1 amide bonds. The van der Waals surface area contributed by atoms with Crippen LogP contribution in [0.3, 0.4) is 0 Å². The van der Waals surface area contributed by atoms with Crippen molar-refractivity contribution in [1.29, 1.82) is 0 Å². The van der Waals surface area contributed by atoms with E-state index in [1.807, 2.05) is 18.2 Å². The Balaban J connectivity index is 2.37. The molecule has 0 fully saturated rings. The minimum atomic E-state index is -0.126. The quantitative estimate of drug-likeness (QED) is 0.861. The number of carbonyl (C=O) groups excluding carboxylic acids is 1. The largest absolute Gasteiger partial charge is 0.491 e. The number of hydrogen-bond acceptors (Lipinski definition) is 2. The average molecular weight is 282 g/mol. The highest BCUT2D eigenvalue weighted by molar-refractivity contribution is 6.21. The molecular weight excluding hydrogens is 262 g/mol. The Bertz CT molecular complexity index is 485. The van der Waals surface area contributed by atoms with Crippen molar-refractivity contribution in [2.75, 3.05) is 13.2 Å². The first kappa shape index (κ1) is 14.2. The molecule has 1 aliphatic heterocycles. The summed E-state index contributed by atoms with van der Waals surface area (Å²) in [7, 11) is 0. The molecule has 0 saturated carbocycles. The van der Waals surface area contributed by atoms with E-state index in [0.717, 1.165) is 12.0 Å². The van der Waals surface area contributed by atoms with Crippen LogP contribution in [-0.2, 0) is 0 Å². The predicted molar refractivity (Wildman–Crippen MR) is 76.9 cm³/mol. The monoisotopic (exact) mass is 281 g/mol.